The van der Waals surface area contributed by atoms with Crippen LogP contribution < -0.4 is 10.2 Å². The van der Waals surface area contributed by atoms with Gasteiger partial charge in [-0.15, -0.1) is 0 Å². The van der Waals surface area contributed by atoms with Gasteiger partial charge in [0.15, 0.2) is 0 Å². The third-order valence-corrected chi connectivity index (χ3v) is 10.8. The Bertz CT molecular complexity index is 1790. The normalized spacial score (nSPS) is 16.5. The minimum absolute atomic E-state index is 0.0121. The fraction of sp³-hybridized carbons (Fsp3) is 0.278. The SMILES string of the molecule is O=C(NCCCN1CCC(Cc2ccccc2)CC1)c1ccc2c(c1)N(Cc1ccc(Cl)cc1)C(=O)c1ccccc1S2(=O)=O. The smallest absolute Gasteiger partial charge is 0.259 e. The fourth-order valence-corrected chi connectivity index (χ4v) is 8.00. The average molecular weight is 642 g/mol. The lowest BCUT2D eigenvalue weighted by molar-refractivity contribution is 0.0947. The van der Waals surface area contributed by atoms with E-state index in [2.05, 4.69) is 40.5 Å². The molecule has 0 saturated carbocycles. The van der Waals surface area contributed by atoms with Gasteiger partial charge in [0.2, 0.25) is 9.84 Å². The summed E-state index contributed by atoms with van der Waals surface area (Å²) in [4.78, 5) is 30.9. The van der Waals surface area contributed by atoms with Crippen LogP contribution in [0.4, 0.5) is 5.69 Å². The van der Waals surface area contributed by atoms with Gasteiger partial charge >= 0.3 is 0 Å². The van der Waals surface area contributed by atoms with Gasteiger partial charge in [0, 0.05) is 17.1 Å². The summed E-state index contributed by atoms with van der Waals surface area (Å²) < 4.78 is 27.5. The van der Waals surface area contributed by atoms with E-state index < -0.39 is 15.7 Å². The molecular formula is C36H36ClN3O4S. The largest absolute Gasteiger partial charge is 0.352 e. The molecule has 0 spiro atoms. The summed E-state index contributed by atoms with van der Waals surface area (Å²) >= 11 is 6.07. The molecule has 0 atom stereocenters. The van der Waals surface area contributed by atoms with Gasteiger partial charge < -0.3 is 15.1 Å². The first-order chi connectivity index (χ1) is 21.8. The second-order valence-electron chi connectivity index (χ2n) is 11.8. The van der Waals surface area contributed by atoms with E-state index in [4.69, 9.17) is 11.6 Å². The molecule has 0 aliphatic carbocycles. The monoisotopic (exact) mass is 641 g/mol. The maximum atomic E-state index is 13.8. The summed E-state index contributed by atoms with van der Waals surface area (Å²) in [5.41, 5.74) is 2.74. The van der Waals surface area contributed by atoms with Crippen LogP contribution in [0, 0.1) is 5.92 Å². The molecule has 1 N–H and O–H groups in total. The highest BCUT2D eigenvalue weighted by molar-refractivity contribution is 7.91. The van der Waals surface area contributed by atoms with Crippen molar-refractivity contribution in [2.75, 3.05) is 31.1 Å². The predicted molar refractivity (Wildman–Crippen MR) is 177 cm³/mol. The lowest BCUT2D eigenvalue weighted by Gasteiger charge is -2.32. The number of hydrogen-bond acceptors (Lipinski definition) is 5. The van der Waals surface area contributed by atoms with Crippen molar-refractivity contribution < 1.29 is 18.0 Å². The number of sulfone groups is 1. The van der Waals surface area contributed by atoms with Crippen LogP contribution >= 0.6 is 11.6 Å². The summed E-state index contributed by atoms with van der Waals surface area (Å²) in [6.45, 7) is 3.63. The Hall–Kier alpha value is -3.98. The van der Waals surface area contributed by atoms with E-state index in [0.29, 0.717) is 23.0 Å². The zero-order valence-electron chi connectivity index (χ0n) is 25.0. The van der Waals surface area contributed by atoms with E-state index in [1.807, 2.05) is 0 Å². The Morgan fingerprint density at radius 3 is 2.31 bits per heavy atom. The number of anilines is 1. The van der Waals surface area contributed by atoms with Crippen LogP contribution in [-0.4, -0.2) is 51.3 Å². The molecule has 2 amide bonds. The van der Waals surface area contributed by atoms with E-state index in [0.717, 1.165) is 38.0 Å². The van der Waals surface area contributed by atoms with Crippen molar-refractivity contribution in [3.63, 3.8) is 0 Å². The summed E-state index contributed by atoms with van der Waals surface area (Å²) in [6.07, 6.45) is 4.29. The number of nitrogens with zero attached hydrogens (tertiary/aromatic N) is 2. The molecule has 2 aliphatic heterocycles. The molecule has 1 fully saturated rings. The Morgan fingerprint density at radius 1 is 0.844 bits per heavy atom. The van der Waals surface area contributed by atoms with Crippen LogP contribution in [0.3, 0.4) is 0 Å². The number of rotatable bonds is 9. The van der Waals surface area contributed by atoms with Gasteiger partial charge in [-0.05, 0) is 105 Å². The minimum atomic E-state index is -4.02. The van der Waals surface area contributed by atoms with Gasteiger partial charge in [0.1, 0.15) is 0 Å². The standard InChI is InChI=1S/C36H36ClN3O4S/c37-30-14-11-28(12-15-30)25-40-32-24-29(13-16-34(32)45(43,44)33-10-5-4-9-31(33)36(40)42)35(41)38-19-6-20-39-21-17-27(18-22-39)23-26-7-2-1-3-8-26/h1-5,7-16,24,27H,6,17-23,25H2,(H,38,41). The second-order valence-corrected chi connectivity index (χ2v) is 14.1. The Morgan fingerprint density at radius 2 is 1.56 bits per heavy atom. The molecule has 0 bridgehead atoms. The number of likely N-dealkylation sites (tertiary alicyclic amines) is 1. The number of benzene rings is 4. The topological polar surface area (TPSA) is 86.8 Å². The second kappa shape index (κ2) is 13.6. The van der Waals surface area contributed by atoms with Gasteiger partial charge in [0.25, 0.3) is 11.8 Å². The van der Waals surface area contributed by atoms with Crippen LogP contribution in [0.5, 0.6) is 0 Å². The number of halogens is 1. The van der Waals surface area contributed by atoms with Crippen molar-refractivity contribution in [2.45, 2.75) is 42.0 Å². The number of hydrogen-bond donors (Lipinski definition) is 1. The molecule has 2 heterocycles. The third-order valence-electron chi connectivity index (χ3n) is 8.72. The van der Waals surface area contributed by atoms with Crippen LogP contribution in [0.15, 0.2) is 107 Å². The zero-order chi connectivity index (χ0) is 31.4. The van der Waals surface area contributed by atoms with Crippen molar-refractivity contribution in [1.29, 1.82) is 0 Å². The molecule has 4 aromatic rings. The molecule has 2 aliphatic rings. The summed E-state index contributed by atoms with van der Waals surface area (Å²) in [7, 11) is -4.02. The zero-order valence-corrected chi connectivity index (χ0v) is 26.6. The van der Waals surface area contributed by atoms with E-state index in [9.17, 15) is 18.0 Å². The fourth-order valence-electron chi connectivity index (χ4n) is 6.25. The summed E-state index contributed by atoms with van der Waals surface area (Å²) in [5, 5.41) is 3.55. The summed E-state index contributed by atoms with van der Waals surface area (Å²) in [5.74, 6) is -0.0512. The first kappa shape index (κ1) is 31.0. The van der Waals surface area contributed by atoms with Crippen molar-refractivity contribution in [1.82, 2.24) is 10.2 Å². The first-order valence-electron chi connectivity index (χ1n) is 15.4. The highest BCUT2D eigenvalue weighted by Crippen LogP contribution is 2.38. The molecule has 0 aromatic heterocycles. The molecule has 1 saturated heterocycles. The number of carbonyl (C=O) groups is 2. The van der Waals surface area contributed by atoms with Crippen LogP contribution in [-0.2, 0) is 22.8 Å². The van der Waals surface area contributed by atoms with Crippen molar-refractivity contribution in [3.8, 4) is 0 Å². The Balaban J connectivity index is 1.12. The minimum Gasteiger partial charge on any atom is -0.352 e. The van der Waals surface area contributed by atoms with Gasteiger partial charge in [-0.25, -0.2) is 8.42 Å². The quantitative estimate of drug-likeness (QED) is 0.214. The molecule has 0 radical (unpaired) electrons. The molecular weight excluding hydrogens is 606 g/mol. The highest BCUT2D eigenvalue weighted by atomic mass is 35.5. The van der Waals surface area contributed by atoms with Crippen molar-refractivity contribution in [3.05, 3.63) is 124 Å². The van der Waals surface area contributed by atoms with Crippen LogP contribution in [0.2, 0.25) is 5.02 Å². The third kappa shape index (κ3) is 6.98. The van der Waals surface area contributed by atoms with Crippen molar-refractivity contribution in [2.24, 2.45) is 5.92 Å². The average Bonchev–Trinajstić information content (AvgIpc) is 3.13. The maximum absolute atomic E-state index is 13.8. The van der Waals surface area contributed by atoms with E-state index in [-0.39, 0.29) is 33.5 Å². The van der Waals surface area contributed by atoms with Crippen LogP contribution in [0.1, 0.15) is 51.1 Å². The number of piperidine rings is 1. The number of amides is 2. The van der Waals surface area contributed by atoms with Crippen LogP contribution in [0.25, 0.3) is 0 Å². The van der Waals surface area contributed by atoms with E-state index in [1.165, 1.54) is 53.6 Å². The summed E-state index contributed by atoms with van der Waals surface area (Å²) in [6, 6.07) is 28.4. The number of nitrogens with one attached hydrogen (secondary N) is 1. The Kier molecular flexibility index (Phi) is 9.35. The lowest BCUT2D eigenvalue weighted by Crippen LogP contribution is -2.36. The van der Waals surface area contributed by atoms with Gasteiger partial charge in [-0.2, -0.15) is 0 Å². The number of fused-ring (bicyclic) bond motifs is 2. The lowest BCUT2D eigenvalue weighted by atomic mass is 9.90. The molecule has 4 aromatic carbocycles. The Labute approximate surface area is 269 Å². The molecule has 0 unspecified atom stereocenters. The number of carbonyl (C=O) groups excluding carboxylic acids is 2. The first-order valence-corrected chi connectivity index (χ1v) is 17.2. The van der Waals surface area contributed by atoms with Crippen molar-refractivity contribution >= 4 is 38.9 Å². The molecule has 9 heteroatoms. The maximum Gasteiger partial charge on any atom is 0.259 e. The predicted octanol–water partition coefficient (Wildman–Crippen LogP) is 6.41. The van der Waals surface area contributed by atoms with Gasteiger partial charge in [0.05, 0.1) is 27.6 Å². The molecule has 7 nitrogen and oxygen atoms in total. The van der Waals surface area contributed by atoms with Gasteiger partial charge in [-0.3, -0.25) is 9.59 Å². The van der Waals surface area contributed by atoms with E-state index in [1.54, 1.807) is 36.4 Å². The molecule has 232 valence electrons. The molecule has 6 rings (SSSR count). The molecule has 45 heavy (non-hydrogen) atoms. The van der Waals surface area contributed by atoms with E-state index >= 15 is 0 Å². The van der Waals surface area contributed by atoms with Gasteiger partial charge in [-0.1, -0.05) is 66.2 Å². The highest BCUT2D eigenvalue weighted by Gasteiger charge is 2.36.